The molecule has 2 heterocycles. The molecule has 4 N–H and O–H groups in total. The van der Waals surface area contributed by atoms with Crippen LogP contribution in [0.15, 0.2) is 42.9 Å². The molecular weight excluding hydrogens is 427 g/mol. The van der Waals surface area contributed by atoms with Crippen LogP contribution in [0.5, 0.6) is 0 Å². The number of aromatic nitrogens is 3. The molecule has 0 aliphatic heterocycles. The molecule has 2 aromatic heterocycles. The number of benzene rings is 1. The highest BCUT2D eigenvalue weighted by Gasteiger charge is 2.31. The average Bonchev–Trinajstić information content (AvgIpc) is 3.26. The predicted molar refractivity (Wildman–Crippen MR) is 111 cm³/mol. The molecule has 11 heteroatoms. The molecule has 0 saturated carbocycles. The number of hydrogen-bond donors (Lipinski definition) is 4. The number of aromatic amines is 1. The van der Waals surface area contributed by atoms with E-state index in [0.29, 0.717) is 29.2 Å². The van der Waals surface area contributed by atoms with Crippen molar-refractivity contribution >= 4 is 11.7 Å². The van der Waals surface area contributed by atoms with Gasteiger partial charge in [-0.05, 0) is 37.6 Å². The van der Waals surface area contributed by atoms with Crippen LogP contribution in [-0.4, -0.2) is 39.2 Å². The van der Waals surface area contributed by atoms with E-state index in [1.54, 1.807) is 19.2 Å². The number of halogens is 3. The smallest absolute Gasteiger partial charge is 0.394 e. The third kappa shape index (κ3) is 5.24. The Morgan fingerprint density at radius 1 is 1.28 bits per heavy atom. The molecule has 0 spiro atoms. The van der Waals surface area contributed by atoms with Gasteiger partial charge in [-0.2, -0.15) is 13.2 Å². The van der Waals surface area contributed by atoms with Crippen LogP contribution in [0.1, 0.15) is 40.1 Å². The number of hydrogen-bond acceptors (Lipinski definition) is 6. The van der Waals surface area contributed by atoms with Gasteiger partial charge in [-0.3, -0.25) is 9.63 Å². The number of aliphatic hydroxyl groups is 1. The summed E-state index contributed by atoms with van der Waals surface area (Å²) in [5.74, 6) is -0.110. The standard InChI is InChI=1S/C21H22F3N5O3/c1-3-32-29-19-12(2)18(26-11-27-19)14-8-16(25-9-14)20(31)28-17(10-30)13-5-4-6-15(7-13)21(22,23)24/h4-9,11,17,25,30H,3,10H2,1-2H3,(H,28,31)(H,26,27,29)/t17-/m0/s1. The fraction of sp³-hybridized carbons (Fsp3) is 0.286. The predicted octanol–water partition coefficient (Wildman–Crippen LogP) is 3.63. The molecule has 1 amide bonds. The van der Waals surface area contributed by atoms with Gasteiger partial charge in [0.2, 0.25) is 0 Å². The van der Waals surface area contributed by atoms with Gasteiger partial charge < -0.3 is 15.4 Å². The minimum Gasteiger partial charge on any atom is -0.394 e. The van der Waals surface area contributed by atoms with Gasteiger partial charge in [0.15, 0.2) is 5.82 Å². The van der Waals surface area contributed by atoms with Gasteiger partial charge in [-0.25, -0.2) is 15.4 Å². The minimum absolute atomic E-state index is 0.140. The molecule has 1 atom stereocenters. The van der Waals surface area contributed by atoms with Crippen LogP contribution in [0.2, 0.25) is 0 Å². The summed E-state index contributed by atoms with van der Waals surface area (Å²) in [6.45, 7) is 3.47. The lowest BCUT2D eigenvalue weighted by molar-refractivity contribution is -0.137. The zero-order valence-electron chi connectivity index (χ0n) is 17.3. The van der Waals surface area contributed by atoms with Crippen molar-refractivity contribution in [3.8, 4) is 11.3 Å². The van der Waals surface area contributed by atoms with Crippen LogP contribution >= 0.6 is 0 Å². The molecule has 0 bridgehead atoms. The molecule has 0 unspecified atom stereocenters. The van der Waals surface area contributed by atoms with Crippen LogP contribution in [-0.2, 0) is 11.0 Å². The maximum absolute atomic E-state index is 13.0. The third-order valence-electron chi connectivity index (χ3n) is 4.70. The first-order chi connectivity index (χ1) is 15.2. The third-order valence-corrected chi connectivity index (χ3v) is 4.70. The van der Waals surface area contributed by atoms with E-state index in [0.717, 1.165) is 12.1 Å². The first kappa shape index (κ1) is 23.2. The van der Waals surface area contributed by atoms with Crippen molar-refractivity contribution in [2.75, 3.05) is 18.7 Å². The maximum Gasteiger partial charge on any atom is 0.416 e. The molecular formula is C21H22F3N5O3. The fourth-order valence-corrected chi connectivity index (χ4v) is 3.05. The van der Waals surface area contributed by atoms with Crippen molar-refractivity contribution < 1.29 is 27.9 Å². The van der Waals surface area contributed by atoms with Crippen molar-refractivity contribution in [1.29, 1.82) is 0 Å². The first-order valence-corrected chi connectivity index (χ1v) is 9.71. The Morgan fingerprint density at radius 3 is 2.75 bits per heavy atom. The van der Waals surface area contributed by atoms with Gasteiger partial charge in [-0.1, -0.05) is 12.1 Å². The number of amides is 1. The topological polar surface area (TPSA) is 112 Å². The number of alkyl halides is 3. The summed E-state index contributed by atoms with van der Waals surface area (Å²) in [6.07, 6.45) is -1.60. The quantitative estimate of drug-likeness (QED) is 0.391. The Balaban J connectivity index is 1.79. The summed E-state index contributed by atoms with van der Waals surface area (Å²) in [6, 6.07) is 5.00. The van der Waals surface area contributed by atoms with Crippen molar-refractivity contribution in [2.24, 2.45) is 0 Å². The van der Waals surface area contributed by atoms with Crippen molar-refractivity contribution in [3.05, 3.63) is 65.2 Å². The van der Waals surface area contributed by atoms with Gasteiger partial charge in [-0.15, -0.1) is 0 Å². The molecule has 0 radical (unpaired) electrons. The lowest BCUT2D eigenvalue weighted by Gasteiger charge is -2.18. The molecule has 0 aliphatic carbocycles. The molecule has 170 valence electrons. The second-order valence-corrected chi connectivity index (χ2v) is 6.86. The average molecular weight is 449 g/mol. The summed E-state index contributed by atoms with van der Waals surface area (Å²) in [5.41, 5.74) is 4.02. The van der Waals surface area contributed by atoms with E-state index in [-0.39, 0.29) is 11.3 Å². The minimum atomic E-state index is -4.53. The molecule has 3 aromatic rings. The Labute approximate surface area is 181 Å². The van der Waals surface area contributed by atoms with Crippen LogP contribution in [0.25, 0.3) is 11.3 Å². The fourth-order valence-electron chi connectivity index (χ4n) is 3.05. The lowest BCUT2D eigenvalue weighted by atomic mass is 10.0. The van der Waals surface area contributed by atoms with E-state index in [4.69, 9.17) is 4.84 Å². The maximum atomic E-state index is 13.0. The van der Waals surface area contributed by atoms with Gasteiger partial charge in [0, 0.05) is 17.3 Å². The Morgan fingerprint density at radius 2 is 2.06 bits per heavy atom. The van der Waals surface area contributed by atoms with E-state index in [1.807, 2.05) is 6.92 Å². The van der Waals surface area contributed by atoms with E-state index < -0.39 is 30.3 Å². The van der Waals surface area contributed by atoms with Crippen molar-refractivity contribution in [1.82, 2.24) is 20.3 Å². The number of rotatable bonds is 8. The lowest BCUT2D eigenvalue weighted by Crippen LogP contribution is -2.31. The van der Waals surface area contributed by atoms with E-state index in [1.165, 1.54) is 18.5 Å². The molecule has 0 saturated heterocycles. The highest BCUT2D eigenvalue weighted by atomic mass is 19.4. The molecule has 1 aromatic carbocycles. The Bertz CT molecular complexity index is 1080. The summed E-state index contributed by atoms with van der Waals surface area (Å²) in [7, 11) is 0. The summed E-state index contributed by atoms with van der Waals surface area (Å²) >= 11 is 0. The summed E-state index contributed by atoms with van der Waals surface area (Å²) < 4.78 is 38.9. The number of aliphatic hydroxyl groups excluding tert-OH is 1. The molecule has 32 heavy (non-hydrogen) atoms. The number of H-pyrrole nitrogens is 1. The summed E-state index contributed by atoms with van der Waals surface area (Å²) in [5, 5.41) is 12.2. The largest absolute Gasteiger partial charge is 0.416 e. The second-order valence-electron chi connectivity index (χ2n) is 6.86. The van der Waals surface area contributed by atoms with Gasteiger partial charge in [0.05, 0.1) is 30.5 Å². The molecule has 0 fully saturated rings. The van der Waals surface area contributed by atoms with Crippen molar-refractivity contribution in [3.63, 3.8) is 0 Å². The number of carbonyl (C=O) groups is 1. The normalized spacial score (nSPS) is 12.4. The van der Waals surface area contributed by atoms with E-state index in [2.05, 4.69) is 25.7 Å². The number of nitrogens with one attached hydrogen (secondary N) is 3. The van der Waals surface area contributed by atoms with Crippen LogP contribution in [0.3, 0.4) is 0 Å². The SMILES string of the molecule is CCONc1ncnc(-c2c[nH]c(C(=O)N[C@@H](CO)c3cccc(C(F)(F)F)c3)c2)c1C. The Kier molecular flexibility index (Phi) is 7.11. The molecule has 8 nitrogen and oxygen atoms in total. The zero-order valence-corrected chi connectivity index (χ0v) is 17.3. The zero-order chi connectivity index (χ0) is 23.3. The van der Waals surface area contributed by atoms with Crippen LogP contribution in [0.4, 0.5) is 19.0 Å². The van der Waals surface area contributed by atoms with E-state index >= 15 is 0 Å². The molecule has 0 aliphatic rings. The highest BCUT2D eigenvalue weighted by molar-refractivity contribution is 5.94. The first-order valence-electron chi connectivity index (χ1n) is 9.71. The number of anilines is 1. The Hall–Kier alpha value is -3.44. The number of nitrogens with zero attached hydrogens (tertiary/aromatic N) is 2. The number of carbonyl (C=O) groups excluding carboxylic acids is 1. The van der Waals surface area contributed by atoms with Crippen LogP contribution in [0, 0.1) is 6.92 Å². The van der Waals surface area contributed by atoms with E-state index in [9.17, 15) is 23.1 Å². The summed E-state index contributed by atoms with van der Waals surface area (Å²) in [4.78, 5) is 29.0. The van der Waals surface area contributed by atoms with Gasteiger partial charge in [0.25, 0.3) is 5.91 Å². The second kappa shape index (κ2) is 9.79. The molecule has 3 rings (SSSR count). The highest BCUT2D eigenvalue weighted by Crippen LogP contribution is 2.31. The van der Waals surface area contributed by atoms with Crippen molar-refractivity contribution in [2.45, 2.75) is 26.1 Å². The monoisotopic (exact) mass is 449 g/mol. The van der Waals surface area contributed by atoms with Gasteiger partial charge in [0.1, 0.15) is 12.0 Å². The van der Waals surface area contributed by atoms with Crippen LogP contribution < -0.4 is 10.8 Å². The van der Waals surface area contributed by atoms with Gasteiger partial charge >= 0.3 is 6.18 Å².